The second-order valence-corrected chi connectivity index (χ2v) is 6.15. The predicted octanol–water partition coefficient (Wildman–Crippen LogP) is 2.76. The van der Waals surface area contributed by atoms with E-state index in [4.69, 9.17) is 5.11 Å². The minimum Gasteiger partial charge on any atom is -0.396 e. The van der Waals surface area contributed by atoms with Gasteiger partial charge >= 0.3 is 0 Å². The number of aryl methyl sites for hydroxylation is 1. The molecule has 1 aromatic heterocycles. The summed E-state index contributed by atoms with van der Waals surface area (Å²) in [6.07, 6.45) is 3.90. The molecule has 0 radical (unpaired) electrons. The number of hydrogen-bond acceptors (Lipinski definition) is 2. The number of carbonyl (C=O) groups is 1. The number of benzene rings is 1. The molecule has 0 saturated heterocycles. The number of aliphatic hydroxyl groups excluding tert-OH is 1. The maximum Gasteiger partial charge on any atom is 0.267 e. The van der Waals surface area contributed by atoms with Crippen LogP contribution in [0.1, 0.15) is 41.7 Å². The van der Waals surface area contributed by atoms with E-state index in [1.54, 1.807) is 0 Å². The molecule has 1 saturated carbocycles. The van der Waals surface area contributed by atoms with Gasteiger partial charge in [-0.25, -0.2) is 0 Å². The molecular weight excluding hydrogens is 264 g/mol. The average molecular weight is 286 g/mol. The molecule has 1 aromatic carbocycles. The van der Waals surface area contributed by atoms with E-state index in [-0.39, 0.29) is 18.6 Å². The number of aliphatic hydroxyl groups is 1. The Kier molecular flexibility index (Phi) is 3.97. The molecule has 1 heterocycles. The lowest BCUT2D eigenvalue weighted by atomic mass is 9.86. The highest BCUT2D eigenvalue weighted by molar-refractivity contribution is 5.98. The third-order valence-corrected chi connectivity index (χ3v) is 4.46. The van der Waals surface area contributed by atoms with Gasteiger partial charge in [-0.2, -0.15) is 0 Å². The summed E-state index contributed by atoms with van der Waals surface area (Å²) in [6, 6.07) is 8.27. The molecule has 4 heteroatoms. The normalized spacial score (nSPS) is 22.4. The van der Waals surface area contributed by atoms with Crippen molar-refractivity contribution in [3.05, 3.63) is 35.5 Å². The minimum absolute atomic E-state index is 0.0312. The quantitative estimate of drug-likeness (QED) is 0.812. The van der Waals surface area contributed by atoms with Gasteiger partial charge in [-0.3, -0.25) is 4.79 Å². The van der Waals surface area contributed by atoms with Crippen molar-refractivity contribution in [2.24, 2.45) is 5.92 Å². The predicted molar refractivity (Wildman–Crippen MR) is 83.3 cm³/mol. The van der Waals surface area contributed by atoms with Crippen molar-refractivity contribution >= 4 is 16.8 Å². The van der Waals surface area contributed by atoms with Crippen molar-refractivity contribution in [2.45, 2.75) is 38.6 Å². The molecule has 0 atom stereocenters. The van der Waals surface area contributed by atoms with Crippen LogP contribution in [-0.4, -0.2) is 28.6 Å². The molecule has 112 valence electrons. The Labute approximate surface area is 124 Å². The molecule has 1 fully saturated rings. The maximum absolute atomic E-state index is 12.3. The van der Waals surface area contributed by atoms with E-state index in [9.17, 15) is 4.79 Å². The van der Waals surface area contributed by atoms with Gasteiger partial charge in [0.2, 0.25) is 0 Å². The van der Waals surface area contributed by atoms with Gasteiger partial charge in [0.05, 0.1) is 0 Å². The Hall–Kier alpha value is -1.81. The fraction of sp³-hybridized carbons (Fsp3) is 0.471. The molecule has 21 heavy (non-hydrogen) atoms. The average Bonchev–Trinajstić information content (AvgIpc) is 2.91. The van der Waals surface area contributed by atoms with Crippen molar-refractivity contribution in [2.75, 3.05) is 6.61 Å². The highest BCUT2D eigenvalue weighted by atomic mass is 16.3. The molecule has 2 aromatic rings. The molecular formula is C17H22N2O2. The minimum atomic E-state index is -0.0312. The number of rotatable bonds is 3. The highest BCUT2D eigenvalue weighted by Gasteiger charge is 2.22. The number of fused-ring (bicyclic) bond motifs is 1. The summed E-state index contributed by atoms with van der Waals surface area (Å²) in [6.45, 7) is 2.31. The van der Waals surface area contributed by atoms with Crippen LogP contribution in [0.4, 0.5) is 0 Å². The van der Waals surface area contributed by atoms with Crippen LogP contribution in [0, 0.1) is 12.8 Å². The van der Waals surface area contributed by atoms with E-state index in [0.29, 0.717) is 11.6 Å². The first-order valence-electron chi connectivity index (χ1n) is 7.67. The Bertz CT molecular complexity index is 639. The number of H-pyrrole nitrogens is 1. The Balaban J connectivity index is 1.67. The summed E-state index contributed by atoms with van der Waals surface area (Å²) >= 11 is 0. The zero-order valence-electron chi connectivity index (χ0n) is 12.4. The van der Waals surface area contributed by atoms with Crippen molar-refractivity contribution in [1.82, 2.24) is 10.3 Å². The molecule has 0 aliphatic heterocycles. The fourth-order valence-corrected chi connectivity index (χ4v) is 3.12. The Morgan fingerprint density at radius 2 is 2.05 bits per heavy atom. The third-order valence-electron chi connectivity index (χ3n) is 4.46. The second-order valence-electron chi connectivity index (χ2n) is 6.15. The van der Waals surface area contributed by atoms with Gasteiger partial charge in [0.15, 0.2) is 0 Å². The van der Waals surface area contributed by atoms with Gasteiger partial charge in [0.1, 0.15) is 5.69 Å². The smallest absolute Gasteiger partial charge is 0.267 e. The van der Waals surface area contributed by atoms with Crippen LogP contribution in [0.2, 0.25) is 0 Å². The Morgan fingerprint density at radius 1 is 1.29 bits per heavy atom. The van der Waals surface area contributed by atoms with Gasteiger partial charge in [-0.1, -0.05) is 12.1 Å². The lowest BCUT2D eigenvalue weighted by Crippen LogP contribution is -2.38. The van der Waals surface area contributed by atoms with Crippen LogP contribution in [-0.2, 0) is 0 Å². The van der Waals surface area contributed by atoms with E-state index >= 15 is 0 Å². The summed E-state index contributed by atoms with van der Waals surface area (Å²) in [5.74, 6) is 0.380. The molecule has 1 amide bonds. The third kappa shape index (κ3) is 3.10. The van der Waals surface area contributed by atoms with Crippen LogP contribution < -0.4 is 5.32 Å². The van der Waals surface area contributed by atoms with E-state index < -0.39 is 0 Å². The molecule has 0 unspecified atom stereocenters. The second kappa shape index (κ2) is 5.90. The topological polar surface area (TPSA) is 65.1 Å². The first kappa shape index (κ1) is 14.1. The summed E-state index contributed by atoms with van der Waals surface area (Å²) in [5, 5.41) is 13.3. The molecule has 1 aliphatic carbocycles. The first-order chi connectivity index (χ1) is 10.2. The van der Waals surface area contributed by atoms with E-state index in [1.807, 2.05) is 25.1 Å². The van der Waals surface area contributed by atoms with Gasteiger partial charge in [0.25, 0.3) is 5.91 Å². The van der Waals surface area contributed by atoms with Gasteiger partial charge in [-0.15, -0.1) is 0 Å². The monoisotopic (exact) mass is 286 g/mol. The number of aromatic amines is 1. The molecule has 0 spiro atoms. The summed E-state index contributed by atoms with van der Waals surface area (Å²) in [7, 11) is 0. The zero-order chi connectivity index (χ0) is 14.8. The number of aromatic nitrogens is 1. The van der Waals surface area contributed by atoms with Crippen molar-refractivity contribution < 1.29 is 9.90 Å². The Morgan fingerprint density at radius 3 is 2.76 bits per heavy atom. The number of hydrogen-bond donors (Lipinski definition) is 3. The van der Waals surface area contributed by atoms with Crippen molar-refractivity contribution in [1.29, 1.82) is 0 Å². The molecule has 0 bridgehead atoms. The maximum atomic E-state index is 12.3. The zero-order valence-corrected chi connectivity index (χ0v) is 12.4. The van der Waals surface area contributed by atoms with Gasteiger partial charge < -0.3 is 15.4 Å². The SMILES string of the molecule is Cc1ccc2cc(C(=O)NC3CCC(CO)CC3)[nH]c2c1. The molecule has 3 rings (SSSR count). The van der Waals surface area contributed by atoms with Crippen molar-refractivity contribution in [3.63, 3.8) is 0 Å². The lowest BCUT2D eigenvalue weighted by molar-refractivity contribution is 0.0910. The lowest BCUT2D eigenvalue weighted by Gasteiger charge is -2.27. The van der Waals surface area contributed by atoms with Crippen LogP contribution in [0.25, 0.3) is 10.9 Å². The van der Waals surface area contributed by atoms with E-state index in [0.717, 1.165) is 36.6 Å². The summed E-state index contributed by atoms with van der Waals surface area (Å²) < 4.78 is 0. The highest BCUT2D eigenvalue weighted by Crippen LogP contribution is 2.24. The van der Waals surface area contributed by atoms with Gasteiger partial charge in [-0.05, 0) is 56.2 Å². The van der Waals surface area contributed by atoms with Crippen LogP contribution in [0.3, 0.4) is 0 Å². The summed E-state index contributed by atoms with van der Waals surface area (Å²) in [5.41, 5.74) is 2.81. The van der Waals surface area contributed by atoms with Crippen LogP contribution in [0.15, 0.2) is 24.3 Å². The number of amides is 1. The fourth-order valence-electron chi connectivity index (χ4n) is 3.12. The number of carbonyl (C=O) groups excluding carboxylic acids is 1. The van der Waals surface area contributed by atoms with Crippen molar-refractivity contribution in [3.8, 4) is 0 Å². The first-order valence-corrected chi connectivity index (χ1v) is 7.67. The van der Waals surface area contributed by atoms with E-state index in [2.05, 4.69) is 16.4 Å². The standard InChI is InChI=1S/C17H22N2O2/c1-11-2-5-13-9-16(19-15(13)8-11)17(21)18-14-6-3-12(10-20)4-7-14/h2,5,8-9,12,14,19-20H,3-4,6-7,10H2,1H3,(H,18,21). The summed E-state index contributed by atoms with van der Waals surface area (Å²) in [4.78, 5) is 15.5. The van der Waals surface area contributed by atoms with Crippen LogP contribution >= 0.6 is 0 Å². The van der Waals surface area contributed by atoms with E-state index in [1.165, 1.54) is 5.56 Å². The largest absolute Gasteiger partial charge is 0.396 e. The van der Waals surface area contributed by atoms with Gasteiger partial charge in [0, 0.05) is 23.6 Å². The molecule has 3 N–H and O–H groups in total. The molecule has 1 aliphatic rings. The molecule has 4 nitrogen and oxygen atoms in total. The van der Waals surface area contributed by atoms with Crippen LogP contribution in [0.5, 0.6) is 0 Å². The number of nitrogens with one attached hydrogen (secondary N) is 2.